The van der Waals surface area contributed by atoms with Gasteiger partial charge < -0.3 is 10.1 Å². The first-order valence-electron chi connectivity index (χ1n) is 6.26. The Labute approximate surface area is 115 Å². The van der Waals surface area contributed by atoms with Gasteiger partial charge in [-0.15, -0.1) is 0 Å². The highest BCUT2D eigenvalue weighted by molar-refractivity contribution is 9.09. The zero-order valence-electron chi connectivity index (χ0n) is 10.2. The number of hydrogen-bond acceptors (Lipinski definition) is 2. The Kier molecular flexibility index (Phi) is 3.16. The molecular formula is C14H16BrNO2. The molecular weight excluding hydrogens is 294 g/mol. The van der Waals surface area contributed by atoms with Gasteiger partial charge in [-0.25, -0.2) is 0 Å². The van der Waals surface area contributed by atoms with Crippen molar-refractivity contribution in [1.82, 2.24) is 5.32 Å². The lowest BCUT2D eigenvalue weighted by Gasteiger charge is -2.12. The van der Waals surface area contributed by atoms with Crippen LogP contribution in [0.3, 0.4) is 0 Å². The zero-order valence-corrected chi connectivity index (χ0v) is 11.8. The molecule has 1 fully saturated rings. The average Bonchev–Trinajstić information content (AvgIpc) is 3.04. The fraction of sp³-hybridized carbons (Fsp3) is 0.500. The number of hydrogen-bond donors (Lipinski definition) is 1. The van der Waals surface area contributed by atoms with Gasteiger partial charge in [-0.05, 0) is 41.5 Å². The fourth-order valence-corrected chi connectivity index (χ4v) is 2.98. The summed E-state index contributed by atoms with van der Waals surface area (Å²) in [6, 6.07) is 5.83. The Morgan fingerprint density at radius 3 is 2.83 bits per heavy atom. The van der Waals surface area contributed by atoms with E-state index < -0.39 is 0 Å². The molecule has 1 aliphatic heterocycles. The summed E-state index contributed by atoms with van der Waals surface area (Å²) in [5, 5.41) is 4.00. The molecule has 0 spiro atoms. The van der Waals surface area contributed by atoms with Crippen molar-refractivity contribution in [2.75, 3.05) is 11.9 Å². The molecule has 1 aromatic carbocycles. The molecule has 3 nitrogen and oxygen atoms in total. The maximum Gasteiger partial charge on any atom is 0.251 e. The Bertz CT molecular complexity index is 483. The van der Waals surface area contributed by atoms with Gasteiger partial charge in [-0.3, -0.25) is 4.79 Å². The Balaban J connectivity index is 1.65. The van der Waals surface area contributed by atoms with Crippen molar-refractivity contribution in [3.8, 4) is 0 Å². The Morgan fingerprint density at radius 1 is 1.33 bits per heavy atom. The van der Waals surface area contributed by atoms with E-state index in [2.05, 4.69) is 21.2 Å². The minimum absolute atomic E-state index is 0.0249. The second-order valence-electron chi connectivity index (χ2n) is 5.29. The first-order valence-corrected chi connectivity index (χ1v) is 7.38. The summed E-state index contributed by atoms with van der Waals surface area (Å²) < 4.78 is 5.35. The second-order valence-corrected chi connectivity index (χ2v) is 5.85. The topological polar surface area (TPSA) is 38.3 Å². The van der Waals surface area contributed by atoms with Crippen LogP contribution in [0.4, 0.5) is 0 Å². The fourth-order valence-electron chi connectivity index (χ4n) is 2.22. The highest BCUT2D eigenvalue weighted by Gasteiger charge is 2.41. The molecule has 1 heterocycles. The Morgan fingerprint density at radius 2 is 2.11 bits per heavy atom. The zero-order chi connectivity index (χ0) is 12.6. The van der Waals surface area contributed by atoms with Crippen LogP contribution in [0.15, 0.2) is 18.2 Å². The maximum absolute atomic E-state index is 12.1. The predicted octanol–water partition coefficient (Wildman–Crippen LogP) is 2.62. The third kappa shape index (κ3) is 2.31. The van der Waals surface area contributed by atoms with Crippen LogP contribution in [-0.4, -0.2) is 17.8 Å². The monoisotopic (exact) mass is 309 g/mol. The normalized spacial score (nSPS) is 19.4. The van der Waals surface area contributed by atoms with Crippen LogP contribution in [0.1, 0.15) is 34.3 Å². The standard InChI is InChI=1S/C14H16BrNO2/c15-8-14(3-4-14)9-16-13(17)10-1-2-11-6-18-7-12(11)5-10/h1-2,5H,3-4,6-9H2,(H,16,17). The lowest BCUT2D eigenvalue weighted by Crippen LogP contribution is -2.30. The van der Waals surface area contributed by atoms with Gasteiger partial charge in [0, 0.05) is 17.4 Å². The molecule has 1 saturated carbocycles. The van der Waals surface area contributed by atoms with Crippen molar-refractivity contribution in [2.24, 2.45) is 5.41 Å². The van der Waals surface area contributed by atoms with E-state index in [1.54, 1.807) is 0 Å². The molecule has 0 aromatic heterocycles. The number of nitrogens with one attached hydrogen (secondary N) is 1. The second kappa shape index (κ2) is 4.67. The molecule has 18 heavy (non-hydrogen) atoms. The summed E-state index contributed by atoms with van der Waals surface area (Å²) in [5.74, 6) is 0.0249. The van der Waals surface area contributed by atoms with Gasteiger partial charge in [0.15, 0.2) is 0 Å². The number of amides is 1. The lowest BCUT2D eigenvalue weighted by molar-refractivity contribution is 0.0946. The van der Waals surface area contributed by atoms with E-state index in [-0.39, 0.29) is 5.91 Å². The van der Waals surface area contributed by atoms with Crippen LogP contribution in [0.25, 0.3) is 0 Å². The summed E-state index contributed by atoms with van der Waals surface area (Å²) >= 11 is 3.51. The van der Waals surface area contributed by atoms with Gasteiger partial charge in [-0.2, -0.15) is 0 Å². The van der Waals surface area contributed by atoms with E-state index in [0.717, 1.165) is 23.0 Å². The van der Waals surface area contributed by atoms with Gasteiger partial charge in [-0.1, -0.05) is 22.0 Å². The van der Waals surface area contributed by atoms with Crippen LogP contribution in [0, 0.1) is 5.41 Å². The van der Waals surface area contributed by atoms with Crippen molar-refractivity contribution >= 4 is 21.8 Å². The number of benzene rings is 1. The number of carbonyl (C=O) groups excluding carboxylic acids is 1. The molecule has 1 aliphatic carbocycles. The van der Waals surface area contributed by atoms with Crippen LogP contribution in [-0.2, 0) is 18.0 Å². The molecule has 3 rings (SSSR count). The Hall–Kier alpha value is -0.870. The van der Waals surface area contributed by atoms with E-state index in [1.165, 1.54) is 18.4 Å². The SMILES string of the molecule is O=C(NCC1(CBr)CC1)c1ccc2c(c1)COC2. The van der Waals surface area contributed by atoms with Gasteiger partial charge >= 0.3 is 0 Å². The van der Waals surface area contributed by atoms with Crippen LogP contribution < -0.4 is 5.32 Å². The smallest absolute Gasteiger partial charge is 0.251 e. The number of alkyl halides is 1. The average molecular weight is 310 g/mol. The minimum atomic E-state index is 0.0249. The number of ether oxygens (including phenoxy) is 1. The molecule has 2 aliphatic rings. The molecule has 0 unspecified atom stereocenters. The molecule has 1 N–H and O–H groups in total. The van der Waals surface area contributed by atoms with Crippen molar-refractivity contribution in [1.29, 1.82) is 0 Å². The van der Waals surface area contributed by atoms with Gasteiger partial charge in [0.1, 0.15) is 0 Å². The molecule has 0 bridgehead atoms. The van der Waals surface area contributed by atoms with Crippen molar-refractivity contribution in [3.05, 3.63) is 34.9 Å². The van der Waals surface area contributed by atoms with E-state index >= 15 is 0 Å². The molecule has 4 heteroatoms. The van der Waals surface area contributed by atoms with Crippen molar-refractivity contribution < 1.29 is 9.53 Å². The summed E-state index contributed by atoms with van der Waals surface area (Å²) in [5.41, 5.74) is 3.40. The van der Waals surface area contributed by atoms with E-state index in [9.17, 15) is 4.79 Å². The summed E-state index contributed by atoms with van der Waals surface area (Å²) in [4.78, 5) is 12.1. The van der Waals surface area contributed by atoms with E-state index in [0.29, 0.717) is 18.6 Å². The molecule has 0 atom stereocenters. The third-order valence-electron chi connectivity index (χ3n) is 3.85. The molecule has 1 aromatic rings. The quantitative estimate of drug-likeness (QED) is 0.868. The third-order valence-corrected chi connectivity index (χ3v) is 5.04. The summed E-state index contributed by atoms with van der Waals surface area (Å²) in [6.45, 7) is 2.07. The van der Waals surface area contributed by atoms with E-state index in [1.807, 2.05) is 18.2 Å². The van der Waals surface area contributed by atoms with Crippen LogP contribution >= 0.6 is 15.9 Å². The number of halogens is 1. The van der Waals surface area contributed by atoms with Crippen LogP contribution in [0.2, 0.25) is 0 Å². The summed E-state index contributed by atoms with van der Waals surface area (Å²) in [6.07, 6.45) is 2.41. The van der Waals surface area contributed by atoms with Crippen molar-refractivity contribution in [2.45, 2.75) is 26.1 Å². The first-order chi connectivity index (χ1) is 8.72. The molecule has 0 saturated heterocycles. The highest BCUT2D eigenvalue weighted by Crippen LogP contribution is 2.46. The molecule has 1 amide bonds. The highest BCUT2D eigenvalue weighted by atomic mass is 79.9. The van der Waals surface area contributed by atoms with Gasteiger partial charge in [0.2, 0.25) is 0 Å². The minimum Gasteiger partial charge on any atom is -0.372 e. The lowest BCUT2D eigenvalue weighted by atomic mass is 10.1. The number of carbonyl (C=O) groups is 1. The van der Waals surface area contributed by atoms with Gasteiger partial charge in [0.05, 0.1) is 13.2 Å². The molecule has 96 valence electrons. The van der Waals surface area contributed by atoms with E-state index in [4.69, 9.17) is 4.74 Å². The predicted molar refractivity (Wildman–Crippen MR) is 72.7 cm³/mol. The van der Waals surface area contributed by atoms with Crippen molar-refractivity contribution in [3.63, 3.8) is 0 Å². The first kappa shape index (κ1) is 12.2. The van der Waals surface area contributed by atoms with Gasteiger partial charge in [0.25, 0.3) is 5.91 Å². The number of fused-ring (bicyclic) bond motifs is 1. The molecule has 0 radical (unpaired) electrons. The maximum atomic E-state index is 12.1. The largest absolute Gasteiger partial charge is 0.372 e. The van der Waals surface area contributed by atoms with Crippen LogP contribution in [0.5, 0.6) is 0 Å². The summed E-state index contributed by atoms with van der Waals surface area (Å²) in [7, 11) is 0. The number of rotatable bonds is 4.